The lowest BCUT2D eigenvalue weighted by Crippen LogP contribution is -2.22. The Bertz CT molecular complexity index is 1160. The number of aliphatic hydroxyl groups excluding tert-OH is 1. The maximum atomic E-state index is 14.3. The van der Waals surface area contributed by atoms with Gasteiger partial charge in [0.05, 0.1) is 25.6 Å². The van der Waals surface area contributed by atoms with Crippen LogP contribution in [0.4, 0.5) is 21.8 Å². The van der Waals surface area contributed by atoms with Crippen molar-refractivity contribution in [3.05, 3.63) is 71.4 Å². The molecule has 4 N–H and O–H groups in total. The van der Waals surface area contributed by atoms with Gasteiger partial charge in [-0.25, -0.2) is 19.0 Å². The van der Waals surface area contributed by atoms with Crippen molar-refractivity contribution in [1.82, 2.24) is 9.97 Å². The summed E-state index contributed by atoms with van der Waals surface area (Å²) in [5.74, 6) is -2.70. The summed E-state index contributed by atoms with van der Waals surface area (Å²) in [6.07, 6.45) is 5.60. The molecule has 1 unspecified atom stereocenters. The number of rotatable bonds is 7. The number of hydrogen-bond donors (Lipinski definition) is 4. The van der Waals surface area contributed by atoms with Gasteiger partial charge in [0.15, 0.2) is 11.6 Å². The molecule has 0 bridgehead atoms. The summed E-state index contributed by atoms with van der Waals surface area (Å²) in [7, 11) is 1.17. The third-order valence-corrected chi connectivity index (χ3v) is 4.41. The predicted octanol–water partition coefficient (Wildman–Crippen LogP) is 2.57. The number of aliphatic hydroxyl groups is 1. The van der Waals surface area contributed by atoms with E-state index in [0.29, 0.717) is 5.57 Å². The molecule has 2 aromatic rings. The van der Waals surface area contributed by atoms with Crippen LogP contribution in [0.5, 0.6) is 5.75 Å². The largest absolute Gasteiger partial charge is 0.507 e. The van der Waals surface area contributed by atoms with Crippen LogP contribution in [0.3, 0.4) is 0 Å². The molecule has 0 amide bonds. The van der Waals surface area contributed by atoms with Crippen LogP contribution < -0.4 is 10.6 Å². The number of esters is 2. The van der Waals surface area contributed by atoms with Crippen molar-refractivity contribution in [3.63, 3.8) is 0 Å². The zero-order valence-corrected chi connectivity index (χ0v) is 17.7. The minimum atomic E-state index is -1.19. The van der Waals surface area contributed by atoms with E-state index in [1.165, 1.54) is 31.4 Å². The topological polar surface area (TPSA) is 143 Å². The van der Waals surface area contributed by atoms with Crippen LogP contribution in [-0.2, 0) is 14.3 Å². The Morgan fingerprint density at radius 3 is 2.82 bits per heavy atom. The number of nitrogens with zero attached hydrogens (tertiary/aromatic N) is 2. The highest BCUT2D eigenvalue weighted by Crippen LogP contribution is 2.26. The highest BCUT2D eigenvalue weighted by Gasteiger charge is 2.20. The summed E-state index contributed by atoms with van der Waals surface area (Å²) in [6, 6.07) is 3.95. The van der Waals surface area contributed by atoms with E-state index in [0.717, 1.165) is 6.20 Å². The Morgan fingerprint density at radius 2 is 2.09 bits per heavy atom. The second-order valence-electron chi connectivity index (χ2n) is 6.64. The van der Waals surface area contributed by atoms with Gasteiger partial charge in [-0.05, 0) is 36.8 Å². The predicted molar refractivity (Wildman–Crippen MR) is 116 cm³/mol. The number of hydrogen-bond acceptors (Lipinski definition) is 10. The molecule has 10 nitrogen and oxygen atoms in total. The number of phenols is 1. The number of carbonyl (C=O) groups is 2. The van der Waals surface area contributed by atoms with Gasteiger partial charge in [0.25, 0.3) is 0 Å². The molecule has 33 heavy (non-hydrogen) atoms. The van der Waals surface area contributed by atoms with Gasteiger partial charge in [-0.15, -0.1) is 0 Å². The first-order chi connectivity index (χ1) is 15.8. The lowest BCUT2D eigenvalue weighted by atomic mass is 10.0. The zero-order valence-electron chi connectivity index (χ0n) is 17.7. The van der Waals surface area contributed by atoms with E-state index in [-0.39, 0.29) is 41.1 Å². The summed E-state index contributed by atoms with van der Waals surface area (Å²) < 4.78 is 23.8. The second-order valence-corrected chi connectivity index (χ2v) is 6.64. The highest BCUT2D eigenvalue weighted by molar-refractivity contribution is 5.93. The van der Waals surface area contributed by atoms with Gasteiger partial charge in [-0.2, -0.15) is 4.98 Å². The Morgan fingerprint density at radius 1 is 1.30 bits per heavy atom. The Balaban J connectivity index is 1.80. The van der Waals surface area contributed by atoms with Crippen molar-refractivity contribution in [3.8, 4) is 5.75 Å². The Kier molecular flexibility index (Phi) is 7.36. The number of benzene rings is 1. The van der Waals surface area contributed by atoms with Crippen LogP contribution in [0.1, 0.15) is 17.3 Å². The molecule has 1 aliphatic carbocycles. The maximum Gasteiger partial charge on any atom is 0.341 e. The van der Waals surface area contributed by atoms with Crippen LogP contribution in [-0.4, -0.2) is 51.9 Å². The molecule has 0 spiro atoms. The number of carbonyl (C=O) groups excluding carboxylic acids is 2. The third kappa shape index (κ3) is 5.71. The molecule has 0 fully saturated rings. The number of phenolic OH excluding ortho intramolecular Hbond substituents is 1. The Labute approximate surface area is 188 Å². The molecule has 172 valence electrons. The number of aromatic nitrogens is 2. The standard InChI is InChI=1S/C22H21FN4O6/c1-3-33-18(29)9-12-5-4-6-16(19(12)30)26-22-24-11-15(23)20(27-22)25-13-7-8-17(28)14(10-13)21(31)32-2/h4-11,19,28,30H,3H2,1-2H3,(H2,24,25,26,27). The molecule has 1 aliphatic rings. The summed E-state index contributed by atoms with van der Waals surface area (Å²) in [5.41, 5.74) is 0.691. The summed E-state index contributed by atoms with van der Waals surface area (Å²) in [5, 5.41) is 25.8. The van der Waals surface area contributed by atoms with Crippen LogP contribution in [0.25, 0.3) is 0 Å². The van der Waals surface area contributed by atoms with Crippen LogP contribution in [0.2, 0.25) is 0 Å². The first-order valence-corrected chi connectivity index (χ1v) is 9.75. The normalized spacial score (nSPS) is 16.2. The summed E-state index contributed by atoms with van der Waals surface area (Å²) >= 11 is 0. The van der Waals surface area contributed by atoms with Gasteiger partial charge in [0, 0.05) is 11.8 Å². The minimum Gasteiger partial charge on any atom is -0.507 e. The fourth-order valence-electron chi connectivity index (χ4n) is 2.85. The monoisotopic (exact) mass is 456 g/mol. The van der Waals surface area contributed by atoms with Gasteiger partial charge < -0.3 is 30.3 Å². The lowest BCUT2D eigenvalue weighted by Gasteiger charge is -2.20. The fraction of sp³-hybridized carbons (Fsp3) is 0.182. The molecule has 1 atom stereocenters. The second kappa shape index (κ2) is 10.4. The van der Waals surface area contributed by atoms with Crippen LogP contribution in [0, 0.1) is 5.82 Å². The molecular weight excluding hydrogens is 435 g/mol. The van der Waals surface area contributed by atoms with Gasteiger partial charge in [0.2, 0.25) is 5.95 Å². The van der Waals surface area contributed by atoms with E-state index in [1.807, 2.05) is 0 Å². The van der Waals surface area contributed by atoms with Crippen molar-refractivity contribution in [1.29, 1.82) is 0 Å². The number of nitrogens with one attached hydrogen (secondary N) is 2. The minimum absolute atomic E-state index is 0.0399. The van der Waals surface area contributed by atoms with E-state index < -0.39 is 23.9 Å². The molecule has 0 aliphatic heterocycles. The number of ether oxygens (including phenoxy) is 2. The number of aromatic hydroxyl groups is 1. The molecule has 0 saturated carbocycles. The first kappa shape index (κ1) is 23.4. The molecule has 0 saturated heterocycles. The lowest BCUT2D eigenvalue weighted by molar-refractivity contribution is -0.137. The van der Waals surface area contributed by atoms with Crippen molar-refractivity contribution in [2.45, 2.75) is 13.0 Å². The average Bonchev–Trinajstić information content (AvgIpc) is 2.79. The zero-order chi connectivity index (χ0) is 24.0. The van der Waals surface area contributed by atoms with Crippen molar-refractivity contribution < 1.29 is 33.7 Å². The van der Waals surface area contributed by atoms with E-state index in [4.69, 9.17) is 4.74 Å². The Hall–Kier alpha value is -4.25. The SMILES string of the molecule is CCOC(=O)C=C1C=CC=C(Nc2ncc(F)c(Nc3ccc(O)c(C(=O)OC)c3)n2)C1O. The molecule has 3 rings (SSSR count). The van der Waals surface area contributed by atoms with Crippen molar-refractivity contribution in [2.24, 2.45) is 0 Å². The number of anilines is 3. The quantitative estimate of drug-likeness (QED) is 0.279. The van der Waals surface area contributed by atoms with Gasteiger partial charge in [0.1, 0.15) is 17.4 Å². The molecule has 11 heteroatoms. The number of methoxy groups -OCH3 is 1. The average molecular weight is 456 g/mol. The summed E-state index contributed by atoms with van der Waals surface area (Å²) in [4.78, 5) is 31.3. The number of allylic oxidation sites excluding steroid dienone is 2. The summed E-state index contributed by atoms with van der Waals surface area (Å²) in [6.45, 7) is 1.87. The van der Waals surface area contributed by atoms with Gasteiger partial charge >= 0.3 is 11.9 Å². The van der Waals surface area contributed by atoms with Crippen LogP contribution >= 0.6 is 0 Å². The molecule has 1 aromatic carbocycles. The van der Waals surface area contributed by atoms with Gasteiger partial charge in [-0.1, -0.05) is 12.2 Å². The van der Waals surface area contributed by atoms with Gasteiger partial charge in [-0.3, -0.25) is 0 Å². The molecule has 0 radical (unpaired) electrons. The third-order valence-electron chi connectivity index (χ3n) is 4.41. The highest BCUT2D eigenvalue weighted by atomic mass is 19.1. The van der Waals surface area contributed by atoms with E-state index in [2.05, 4.69) is 25.3 Å². The van der Waals surface area contributed by atoms with E-state index >= 15 is 0 Å². The maximum absolute atomic E-state index is 14.3. The smallest absolute Gasteiger partial charge is 0.341 e. The van der Waals surface area contributed by atoms with E-state index in [1.54, 1.807) is 25.2 Å². The van der Waals surface area contributed by atoms with E-state index in [9.17, 15) is 24.2 Å². The molecular formula is C22H21FN4O6. The van der Waals surface area contributed by atoms with Crippen LogP contribution in [0.15, 0.2) is 60.0 Å². The fourth-order valence-corrected chi connectivity index (χ4v) is 2.85. The number of halogens is 1. The van der Waals surface area contributed by atoms with Crippen molar-refractivity contribution >= 4 is 29.4 Å². The first-order valence-electron chi connectivity index (χ1n) is 9.75. The molecule has 1 heterocycles. The van der Waals surface area contributed by atoms with Crippen molar-refractivity contribution in [2.75, 3.05) is 24.4 Å². The molecule has 1 aromatic heterocycles.